The maximum absolute atomic E-state index is 12.8. The van der Waals surface area contributed by atoms with Crippen molar-refractivity contribution in [2.75, 3.05) is 18.0 Å². The number of hydrogen-bond acceptors (Lipinski definition) is 5. The standard InChI is InChI=1S/C21H24ClN3O2/c1-4-18-23-17(22)11-19(24-18)25-7-5-21(6-8-25)12-15(26)20-14(3)9-13(2)10-16(20)27-21/h9-11H,4-8,12H2,1-3H3. The molecule has 4 rings (SSSR count). The van der Waals surface area contributed by atoms with Crippen molar-refractivity contribution in [3.8, 4) is 5.75 Å². The number of benzene rings is 1. The number of carbonyl (C=O) groups is 1. The molecule has 0 unspecified atom stereocenters. The fourth-order valence-corrected chi connectivity index (χ4v) is 4.41. The van der Waals surface area contributed by atoms with Crippen LogP contribution in [0.2, 0.25) is 5.15 Å². The van der Waals surface area contributed by atoms with Gasteiger partial charge in [0.05, 0.1) is 12.0 Å². The molecule has 0 saturated carbocycles. The van der Waals surface area contributed by atoms with E-state index in [-0.39, 0.29) is 5.78 Å². The second kappa shape index (κ2) is 6.79. The highest BCUT2D eigenvalue weighted by atomic mass is 35.5. The number of ether oxygens (including phenoxy) is 1. The van der Waals surface area contributed by atoms with E-state index in [1.54, 1.807) is 0 Å². The SMILES string of the molecule is CCc1nc(Cl)cc(N2CCC3(CC2)CC(=O)c2c(C)cc(C)cc2O3)n1. The summed E-state index contributed by atoms with van der Waals surface area (Å²) < 4.78 is 6.44. The van der Waals surface area contributed by atoms with Crippen LogP contribution in [0, 0.1) is 13.8 Å². The lowest BCUT2D eigenvalue weighted by atomic mass is 9.81. The van der Waals surface area contributed by atoms with Crippen molar-refractivity contribution in [1.82, 2.24) is 9.97 Å². The number of piperidine rings is 1. The number of fused-ring (bicyclic) bond motifs is 1. The van der Waals surface area contributed by atoms with Crippen LogP contribution in [-0.4, -0.2) is 34.4 Å². The number of Topliss-reactive ketones (excluding diaryl/α,β-unsaturated/α-hetero) is 1. The number of hydrogen-bond donors (Lipinski definition) is 0. The summed E-state index contributed by atoms with van der Waals surface area (Å²) in [5.41, 5.74) is 2.47. The summed E-state index contributed by atoms with van der Waals surface area (Å²) in [6, 6.07) is 5.85. The fourth-order valence-electron chi connectivity index (χ4n) is 4.21. The van der Waals surface area contributed by atoms with Crippen LogP contribution in [0.3, 0.4) is 0 Å². The quantitative estimate of drug-likeness (QED) is 0.721. The smallest absolute Gasteiger partial charge is 0.170 e. The number of rotatable bonds is 2. The van der Waals surface area contributed by atoms with Gasteiger partial charge in [0.1, 0.15) is 28.1 Å². The number of ketones is 1. The van der Waals surface area contributed by atoms with Crippen LogP contribution >= 0.6 is 11.6 Å². The lowest BCUT2D eigenvalue weighted by Gasteiger charge is -2.44. The molecule has 0 amide bonds. The zero-order valence-corrected chi connectivity index (χ0v) is 16.8. The molecule has 2 aliphatic heterocycles. The second-order valence-corrected chi connectivity index (χ2v) is 8.03. The van der Waals surface area contributed by atoms with Gasteiger partial charge >= 0.3 is 0 Å². The van der Waals surface area contributed by atoms with E-state index in [0.717, 1.165) is 66.4 Å². The average Bonchev–Trinajstić information content (AvgIpc) is 2.60. The molecule has 3 heterocycles. The zero-order valence-electron chi connectivity index (χ0n) is 16.0. The highest BCUT2D eigenvalue weighted by Gasteiger charge is 2.43. The van der Waals surface area contributed by atoms with Gasteiger partial charge in [-0.25, -0.2) is 9.97 Å². The third-order valence-electron chi connectivity index (χ3n) is 5.57. The Morgan fingerprint density at radius 3 is 2.63 bits per heavy atom. The minimum atomic E-state index is -0.411. The molecule has 1 spiro atoms. The first kappa shape index (κ1) is 18.2. The van der Waals surface area contributed by atoms with Gasteiger partial charge in [-0.15, -0.1) is 0 Å². The molecule has 1 aromatic heterocycles. The fraction of sp³-hybridized carbons (Fsp3) is 0.476. The predicted molar refractivity (Wildman–Crippen MR) is 106 cm³/mol. The molecular weight excluding hydrogens is 362 g/mol. The Kier molecular flexibility index (Phi) is 4.58. The van der Waals surface area contributed by atoms with Gasteiger partial charge in [-0.1, -0.05) is 24.6 Å². The van der Waals surface area contributed by atoms with Gasteiger partial charge < -0.3 is 9.64 Å². The van der Waals surface area contributed by atoms with Crippen LogP contribution in [-0.2, 0) is 6.42 Å². The van der Waals surface area contributed by atoms with Gasteiger partial charge in [-0.3, -0.25) is 4.79 Å². The van der Waals surface area contributed by atoms with Gasteiger partial charge in [0.25, 0.3) is 0 Å². The molecule has 0 bridgehead atoms. The Morgan fingerprint density at radius 1 is 1.19 bits per heavy atom. The van der Waals surface area contributed by atoms with Gasteiger partial charge in [-0.05, 0) is 31.0 Å². The number of carbonyl (C=O) groups excluding carboxylic acids is 1. The summed E-state index contributed by atoms with van der Waals surface area (Å²) in [5.74, 6) is 2.55. The molecule has 6 heteroatoms. The maximum Gasteiger partial charge on any atom is 0.170 e. The lowest BCUT2D eigenvalue weighted by Crippen LogP contribution is -2.51. The van der Waals surface area contributed by atoms with E-state index in [2.05, 4.69) is 14.9 Å². The summed E-state index contributed by atoms with van der Waals surface area (Å²) in [4.78, 5) is 23.9. The van der Waals surface area contributed by atoms with Crippen molar-refractivity contribution in [2.45, 2.75) is 52.1 Å². The molecule has 5 nitrogen and oxygen atoms in total. The predicted octanol–water partition coefficient (Wildman–Crippen LogP) is 4.31. The molecule has 0 aliphatic carbocycles. The highest BCUT2D eigenvalue weighted by molar-refractivity contribution is 6.29. The van der Waals surface area contributed by atoms with E-state index in [4.69, 9.17) is 16.3 Å². The molecule has 2 aromatic rings. The van der Waals surface area contributed by atoms with Gasteiger partial charge in [0, 0.05) is 38.4 Å². The largest absolute Gasteiger partial charge is 0.486 e. The van der Waals surface area contributed by atoms with Crippen LogP contribution in [0.1, 0.15) is 53.5 Å². The summed E-state index contributed by atoms with van der Waals surface area (Å²) in [5, 5.41) is 0.473. The molecular formula is C21H24ClN3O2. The number of aryl methyl sites for hydroxylation is 3. The van der Waals surface area contributed by atoms with Crippen molar-refractivity contribution >= 4 is 23.2 Å². The van der Waals surface area contributed by atoms with E-state index in [1.165, 1.54) is 0 Å². The normalized spacial score (nSPS) is 18.4. The van der Waals surface area contributed by atoms with E-state index in [1.807, 2.05) is 39.0 Å². The van der Waals surface area contributed by atoms with E-state index in [9.17, 15) is 4.79 Å². The van der Waals surface area contributed by atoms with Crippen LogP contribution in [0.5, 0.6) is 5.75 Å². The molecule has 1 saturated heterocycles. The minimum Gasteiger partial charge on any atom is -0.486 e. The number of nitrogens with zero attached hydrogens (tertiary/aromatic N) is 3. The maximum atomic E-state index is 12.8. The van der Waals surface area contributed by atoms with Gasteiger partial charge in [0.2, 0.25) is 0 Å². The number of anilines is 1. The monoisotopic (exact) mass is 385 g/mol. The highest BCUT2D eigenvalue weighted by Crippen LogP contribution is 2.41. The van der Waals surface area contributed by atoms with Crippen molar-refractivity contribution in [3.63, 3.8) is 0 Å². The Bertz CT molecular complexity index is 905. The Balaban J connectivity index is 1.55. The van der Waals surface area contributed by atoms with Crippen LogP contribution in [0.4, 0.5) is 5.82 Å². The van der Waals surface area contributed by atoms with E-state index < -0.39 is 5.60 Å². The Hall–Kier alpha value is -2.14. The Labute approximate surface area is 164 Å². The number of aromatic nitrogens is 2. The summed E-state index contributed by atoms with van der Waals surface area (Å²) >= 11 is 6.15. The summed E-state index contributed by atoms with van der Waals surface area (Å²) in [6.45, 7) is 7.60. The van der Waals surface area contributed by atoms with Crippen molar-refractivity contribution < 1.29 is 9.53 Å². The molecule has 142 valence electrons. The van der Waals surface area contributed by atoms with Crippen LogP contribution < -0.4 is 9.64 Å². The molecule has 27 heavy (non-hydrogen) atoms. The van der Waals surface area contributed by atoms with Crippen molar-refractivity contribution in [3.05, 3.63) is 45.9 Å². The van der Waals surface area contributed by atoms with E-state index >= 15 is 0 Å². The van der Waals surface area contributed by atoms with Crippen LogP contribution in [0.15, 0.2) is 18.2 Å². The minimum absolute atomic E-state index is 0.195. The van der Waals surface area contributed by atoms with E-state index in [0.29, 0.717) is 11.6 Å². The topological polar surface area (TPSA) is 55.3 Å². The molecule has 0 N–H and O–H groups in total. The molecule has 1 aromatic carbocycles. The summed E-state index contributed by atoms with van der Waals surface area (Å²) in [6.07, 6.45) is 2.77. The zero-order chi connectivity index (χ0) is 19.2. The third-order valence-corrected chi connectivity index (χ3v) is 5.77. The average molecular weight is 386 g/mol. The van der Waals surface area contributed by atoms with Crippen molar-refractivity contribution in [2.24, 2.45) is 0 Å². The van der Waals surface area contributed by atoms with Crippen molar-refractivity contribution in [1.29, 1.82) is 0 Å². The van der Waals surface area contributed by atoms with Crippen LogP contribution in [0.25, 0.3) is 0 Å². The second-order valence-electron chi connectivity index (χ2n) is 7.65. The first-order valence-electron chi connectivity index (χ1n) is 9.51. The van der Waals surface area contributed by atoms with Gasteiger partial charge in [0.15, 0.2) is 5.78 Å². The van der Waals surface area contributed by atoms with Gasteiger partial charge in [-0.2, -0.15) is 0 Å². The Morgan fingerprint density at radius 2 is 1.93 bits per heavy atom. The third kappa shape index (κ3) is 3.41. The first-order chi connectivity index (χ1) is 12.9. The summed E-state index contributed by atoms with van der Waals surface area (Å²) in [7, 11) is 0. The molecule has 2 aliphatic rings. The molecule has 0 radical (unpaired) electrons. The number of halogens is 1. The molecule has 1 fully saturated rings. The lowest BCUT2D eigenvalue weighted by molar-refractivity contribution is 0.0229. The molecule has 0 atom stereocenters. The first-order valence-corrected chi connectivity index (χ1v) is 9.89.